The highest BCUT2D eigenvalue weighted by Crippen LogP contribution is 2.45. The van der Waals surface area contributed by atoms with E-state index in [-0.39, 0.29) is 0 Å². The Morgan fingerprint density at radius 1 is 0.923 bits per heavy atom. The highest BCUT2D eigenvalue weighted by atomic mass is 14.6. The summed E-state index contributed by atoms with van der Waals surface area (Å²) >= 11 is 0. The van der Waals surface area contributed by atoms with Crippen molar-refractivity contribution in [1.82, 2.24) is 0 Å². The van der Waals surface area contributed by atoms with Gasteiger partial charge in [0.15, 0.2) is 0 Å². The van der Waals surface area contributed by atoms with Crippen molar-refractivity contribution < 1.29 is 0 Å². The fourth-order valence-electron chi connectivity index (χ4n) is 2.74. The normalized spacial score (nSPS) is 46.8. The summed E-state index contributed by atoms with van der Waals surface area (Å²) in [7, 11) is 0. The minimum Gasteiger partial charge on any atom is -0.403 e. The van der Waals surface area contributed by atoms with Gasteiger partial charge in [-0.05, 0) is 36.5 Å². The highest BCUT2D eigenvalue weighted by molar-refractivity contribution is 5.04. The Morgan fingerprint density at radius 2 is 1.31 bits per heavy atom. The van der Waals surface area contributed by atoms with Crippen LogP contribution in [0, 0.1) is 29.6 Å². The molecule has 0 spiro atoms. The second-order valence-corrected chi connectivity index (χ2v) is 4.92. The van der Waals surface area contributed by atoms with Gasteiger partial charge in [0.05, 0.1) is 0 Å². The minimum absolute atomic E-state index is 0.690. The van der Waals surface area contributed by atoms with Gasteiger partial charge in [-0.25, -0.2) is 0 Å². The lowest BCUT2D eigenvalue weighted by Crippen LogP contribution is -2.12. The van der Waals surface area contributed by atoms with E-state index in [0.717, 1.165) is 29.4 Å². The molecule has 1 aliphatic rings. The topological polar surface area (TPSA) is 26.0 Å². The molecule has 1 rings (SSSR count). The number of hydrogen-bond donors (Lipinski definition) is 1. The molecule has 0 amide bonds. The van der Waals surface area contributed by atoms with Gasteiger partial charge in [-0.15, -0.1) is 0 Å². The van der Waals surface area contributed by atoms with Gasteiger partial charge in [-0.3, -0.25) is 0 Å². The van der Waals surface area contributed by atoms with Gasteiger partial charge in [0.2, 0.25) is 0 Å². The molecule has 5 atom stereocenters. The standard InChI is InChI=1S/C12H23N/c1-7(13)6-12-10(4)8(2)9(3)11(12)5/h6,8-12H,13H2,1-5H3/b7-6-/t8?,9?,10-,11?,12?/m0/s1. The van der Waals surface area contributed by atoms with Crippen LogP contribution >= 0.6 is 0 Å². The molecule has 1 fully saturated rings. The number of nitrogens with two attached hydrogens (primary N) is 1. The third-order valence-electron chi connectivity index (χ3n) is 4.16. The predicted molar refractivity (Wildman–Crippen MR) is 58.1 cm³/mol. The molecule has 0 aliphatic heterocycles. The summed E-state index contributed by atoms with van der Waals surface area (Å²) in [6, 6.07) is 0. The van der Waals surface area contributed by atoms with Crippen molar-refractivity contribution in [2.24, 2.45) is 35.3 Å². The molecule has 0 radical (unpaired) electrons. The van der Waals surface area contributed by atoms with E-state index in [4.69, 9.17) is 5.73 Å². The molecule has 0 aromatic rings. The molecule has 1 heteroatoms. The Morgan fingerprint density at radius 3 is 1.62 bits per heavy atom. The average Bonchev–Trinajstić information content (AvgIpc) is 2.22. The molecular weight excluding hydrogens is 158 g/mol. The Labute approximate surface area is 82.4 Å². The predicted octanol–water partition coefficient (Wildman–Crippen LogP) is 3.02. The summed E-state index contributed by atoms with van der Waals surface area (Å²) in [5.41, 5.74) is 6.73. The SMILES string of the molecule is C/C(N)=C/C1C(C)C(C)C(C)[C@@H]1C. The van der Waals surface area contributed by atoms with Crippen molar-refractivity contribution in [2.75, 3.05) is 0 Å². The third-order valence-corrected chi connectivity index (χ3v) is 4.16. The largest absolute Gasteiger partial charge is 0.403 e. The first-order valence-corrected chi connectivity index (χ1v) is 5.39. The molecular formula is C12H23N. The Bertz CT molecular complexity index is 189. The molecule has 13 heavy (non-hydrogen) atoms. The Balaban J connectivity index is 2.81. The first-order valence-electron chi connectivity index (χ1n) is 5.39. The molecule has 0 heterocycles. The van der Waals surface area contributed by atoms with E-state index >= 15 is 0 Å². The van der Waals surface area contributed by atoms with E-state index in [1.165, 1.54) is 0 Å². The molecule has 1 aliphatic carbocycles. The fraction of sp³-hybridized carbons (Fsp3) is 0.833. The Kier molecular flexibility index (Phi) is 3.05. The van der Waals surface area contributed by atoms with Crippen molar-refractivity contribution in [3.05, 3.63) is 11.8 Å². The summed E-state index contributed by atoms with van der Waals surface area (Å²) in [5.74, 6) is 3.91. The van der Waals surface area contributed by atoms with Gasteiger partial charge in [0, 0.05) is 5.70 Å². The zero-order valence-corrected chi connectivity index (χ0v) is 9.54. The van der Waals surface area contributed by atoms with Crippen LogP contribution < -0.4 is 5.73 Å². The van der Waals surface area contributed by atoms with Crippen LogP contribution in [0.5, 0.6) is 0 Å². The molecule has 0 saturated heterocycles. The summed E-state index contributed by atoms with van der Waals surface area (Å²) in [6.45, 7) is 11.4. The van der Waals surface area contributed by atoms with Gasteiger partial charge in [-0.2, -0.15) is 0 Å². The maximum absolute atomic E-state index is 5.75. The lowest BCUT2D eigenvalue weighted by atomic mass is 9.89. The molecule has 0 aromatic carbocycles. The second-order valence-electron chi connectivity index (χ2n) is 4.92. The summed E-state index contributed by atoms with van der Waals surface area (Å²) in [6.07, 6.45) is 2.26. The first kappa shape index (κ1) is 10.6. The van der Waals surface area contributed by atoms with Crippen LogP contribution in [0.4, 0.5) is 0 Å². The number of hydrogen-bond acceptors (Lipinski definition) is 1. The zero-order chi connectivity index (χ0) is 10.2. The van der Waals surface area contributed by atoms with E-state index in [0.29, 0.717) is 5.92 Å². The maximum Gasteiger partial charge on any atom is 0.00114 e. The monoisotopic (exact) mass is 181 g/mol. The van der Waals surface area contributed by atoms with Crippen molar-refractivity contribution in [2.45, 2.75) is 34.6 Å². The zero-order valence-electron chi connectivity index (χ0n) is 9.54. The van der Waals surface area contributed by atoms with Crippen LogP contribution in [-0.4, -0.2) is 0 Å². The quantitative estimate of drug-likeness (QED) is 0.661. The van der Waals surface area contributed by atoms with E-state index in [2.05, 4.69) is 33.8 Å². The lowest BCUT2D eigenvalue weighted by molar-refractivity contribution is 0.352. The van der Waals surface area contributed by atoms with Crippen LogP contribution in [0.15, 0.2) is 11.8 Å². The van der Waals surface area contributed by atoms with Gasteiger partial charge >= 0.3 is 0 Å². The first-order chi connectivity index (χ1) is 5.95. The number of allylic oxidation sites excluding steroid dienone is 2. The summed E-state index contributed by atoms with van der Waals surface area (Å²) in [4.78, 5) is 0. The van der Waals surface area contributed by atoms with E-state index in [1.807, 2.05) is 6.92 Å². The van der Waals surface area contributed by atoms with Gasteiger partial charge in [-0.1, -0.05) is 33.8 Å². The highest BCUT2D eigenvalue weighted by Gasteiger charge is 2.39. The third kappa shape index (κ3) is 1.90. The Hall–Kier alpha value is -0.460. The van der Waals surface area contributed by atoms with E-state index in [1.54, 1.807) is 0 Å². The maximum atomic E-state index is 5.75. The van der Waals surface area contributed by atoms with Crippen LogP contribution in [0.2, 0.25) is 0 Å². The van der Waals surface area contributed by atoms with Crippen molar-refractivity contribution in [1.29, 1.82) is 0 Å². The van der Waals surface area contributed by atoms with Gasteiger partial charge in [0.25, 0.3) is 0 Å². The van der Waals surface area contributed by atoms with Crippen molar-refractivity contribution in [3.8, 4) is 0 Å². The molecule has 0 bridgehead atoms. The van der Waals surface area contributed by atoms with Crippen LogP contribution in [-0.2, 0) is 0 Å². The molecule has 2 N–H and O–H groups in total. The second kappa shape index (κ2) is 3.73. The van der Waals surface area contributed by atoms with Gasteiger partial charge in [0.1, 0.15) is 0 Å². The molecule has 1 saturated carbocycles. The molecule has 4 unspecified atom stereocenters. The van der Waals surface area contributed by atoms with Crippen LogP contribution in [0.1, 0.15) is 34.6 Å². The summed E-state index contributed by atoms with van der Waals surface area (Å²) in [5, 5.41) is 0. The van der Waals surface area contributed by atoms with Crippen LogP contribution in [0.3, 0.4) is 0 Å². The molecule has 1 nitrogen and oxygen atoms in total. The van der Waals surface area contributed by atoms with Crippen molar-refractivity contribution >= 4 is 0 Å². The minimum atomic E-state index is 0.690. The van der Waals surface area contributed by atoms with E-state index < -0.39 is 0 Å². The number of rotatable bonds is 1. The van der Waals surface area contributed by atoms with Crippen LogP contribution in [0.25, 0.3) is 0 Å². The summed E-state index contributed by atoms with van der Waals surface area (Å²) < 4.78 is 0. The molecule has 76 valence electrons. The average molecular weight is 181 g/mol. The van der Waals surface area contributed by atoms with Crippen molar-refractivity contribution in [3.63, 3.8) is 0 Å². The smallest absolute Gasteiger partial charge is 0.00114 e. The van der Waals surface area contributed by atoms with E-state index in [9.17, 15) is 0 Å². The van der Waals surface area contributed by atoms with Gasteiger partial charge < -0.3 is 5.73 Å². The molecule has 0 aromatic heterocycles. The lowest BCUT2D eigenvalue weighted by Gasteiger charge is -2.17. The fourth-order valence-corrected chi connectivity index (χ4v) is 2.74.